The molecule has 2 aromatic rings. The summed E-state index contributed by atoms with van der Waals surface area (Å²) in [6.45, 7) is 3.84. The fraction of sp³-hybridized carbons (Fsp3) is 0.250. The van der Waals surface area contributed by atoms with Crippen LogP contribution in [0.2, 0.25) is 5.02 Å². The van der Waals surface area contributed by atoms with Crippen LogP contribution in [0.4, 0.5) is 5.88 Å². The largest absolute Gasteiger partial charge is 0.496 e. The molecule has 1 aromatic carbocycles. The van der Waals surface area contributed by atoms with Crippen LogP contribution in [0.5, 0.6) is 5.75 Å². The number of benzene rings is 1. The Labute approximate surface area is 104 Å². The number of halogens is 1. The summed E-state index contributed by atoms with van der Waals surface area (Å²) in [6.07, 6.45) is 1.58. The lowest BCUT2D eigenvalue weighted by Crippen LogP contribution is -1.96. The molecule has 2 rings (SSSR count). The Morgan fingerprint density at radius 2 is 2.12 bits per heavy atom. The van der Waals surface area contributed by atoms with Gasteiger partial charge in [0.05, 0.1) is 18.9 Å². The second-order valence-corrected chi connectivity index (χ2v) is 4.22. The Kier molecular flexibility index (Phi) is 2.98. The second kappa shape index (κ2) is 4.30. The van der Waals surface area contributed by atoms with Gasteiger partial charge in [-0.1, -0.05) is 16.8 Å². The molecule has 0 amide bonds. The van der Waals surface area contributed by atoms with Gasteiger partial charge in [-0.15, -0.1) is 0 Å². The predicted octanol–water partition coefficient (Wildman–Crippen LogP) is 3.20. The number of nitrogens with zero attached hydrogens (tertiary/aromatic N) is 1. The minimum atomic E-state index is 0.271. The van der Waals surface area contributed by atoms with Crippen molar-refractivity contribution in [2.75, 3.05) is 12.8 Å². The smallest absolute Gasteiger partial charge is 0.230 e. The third-order valence-electron chi connectivity index (χ3n) is 2.74. The first-order valence-electron chi connectivity index (χ1n) is 5.10. The molecule has 0 bridgehead atoms. The summed E-state index contributed by atoms with van der Waals surface area (Å²) < 4.78 is 10.3. The van der Waals surface area contributed by atoms with E-state index in [1.165, 1.54) is 0 Å². The summed E-state index contributed by atoms with van der Waals surface area (Å²) in [6, 6.07) is 1.88. The van der Waals surface area contributed by atoms with Gasteiger partial charge >= 0.3 is 0 Å². The maximum atomic E-state index is 6.12. The molecule has 4 nitrogen and oxygen atoms in total. The summed E-state index contributed by atoms with van der Waals surface area (Å²) in [5, 5.41) is 4.34. The lowest BCUT2D eigenvalue weighted by atomic mass is 9.98. The molecule has 0 saturated heterocycles. The zero-order valence-electron chi connectivity index (χ0n) is 9.87. The summed E-state index contributed by atoms with van der Waals surface area (Å²) >= 11 is 6.12. The Morgan fingerprint density at radius 3 is 2.65 bits per heavy atom. The highest BCUT2D eigenvalue weighted by molar-refractivity contribution is 6.31. The van der Waals surface area contributed by atoms with Crippen molar-refractivity contribution in [3.05, 3.63) is 28.4 Å². The van der Waals surface area contributed by atoms with E-state index in [1.807, 2.05) is 19.9 Å². The first-order chi connectivity index (χ1) is 8.06. The lowest BCUT2D eigenvalue weighted by Gasteiger charge is -2.14. The molecule has 17 heavy (non-hydrogen) atoms. The topological polar surface area (TPSA) is 61.3 Å². The van der Waals surface area contributed by atoms with E-state index in [-0.39, 0.29) is 5.88 Å². The average Bonchev–Trinajstić information content (AvgIpc) is 2.69. The van der Waals surface area contributed by atoms with Gasteiger partial charge in [0, 0.05) is 16.1 Å². The highest BCUT2D eigenvalue weighted by Gasteiger charge is 2.18. The zero-order chi connectivity index (χ0) is 12.6. The van der Waals surface area contributed by atoms with E-state index in [0.29, 0.717) is 10.8 Å². The van der Waals surface area contributed by atoms with E-state index < -0.39 is 0 Å². The number of anilines is 1. The zero-order valence-corrected chi connectivity index (χ0v) is 10.6. The van der Waals surface area contributed by atoms with Gasteiger partial charge in [-0.3, -0.25) is 0 Å². The fourth-order valence-electron chi connectivity index (χ4n) is 1.87. The molecular formula is C12H13ClN2O2. The number of nitrogens with two attached hydrogens (primary N) is 1. The Morgan fingerprint density at radius 1 is 1.41 bits per heavy atom. The molecular weight excluding hydrogens is 240 g/mol. The van der Waals surface area contributed by atoms with Crippen LogP contribution >= 0.6 is 11.6 Å². The number of nitrogen functional groups attached to an aromatic ring is 1. The normalized spacial score (nSPS) is 10.6. The van der Waals surface area contributed by atoms with E-state index in [9.17, 15) is 0 Å². The first kappa shape index (κ1) is 11.8. The van der Waals surface area contributed by atoms with Crippen molar-refractivity contribution in [2.24, 2.45) is 0 Å². The van der Waals surface area contributed by atoms with Crippen LogP contribution < -0.4 is 10.5 Å². The molecule has 5 heteroatoms. The SMILES string of the molecule is COc1c(C)c(Cl)cc(C)c1-c1cnoc1N. The molecule has 90 valence electrons. The number of hydrogen-bond acceptors (Lipinski definition) is 4. The second-order valence-electron chi connectivity index (χ2n) is 3.81. The average molecular weight is 253 g/mol. The molecule has 1 aromatic heterocycles. The monoisotopic (exact) mass is 252 g/mol. The third-order valence-corrected chi connectivity index (χ3v) is 3.13. The van der Waals surface area contributed by atoms with Crippen LogP contribution in [0.1, 0.15) is 11.1 Å². The van der Waals surface area contributed by atoms with Crippen LogP contribution in [-0.2, 0) is 0 Å². The molecule has 0 radical (unpaired) electrons. The van der Waals surface area contributed by atoms with Crippen LogP contribution in [0.15, 0.2) is 16.8 Å². The van der Waals surface area contributed by atoms with Crippen molar-refractivity contribution in [3.63, 3.8) is 0 Å². The maximum Gasteiger partial charge on any atom is 0.230 e. The van der Waals surface area contributed by atoms with E-state index in [0.717, 1.165) is 22.3 Å². The van der Waals surface area contributed by atoms with Crippen LogP contribution in [-0.4, -0.2) is 12.3 Å². The number of rotatable bonds is 2. The number of methoxy groups -OCH3 is 1. The minimum Gasteiger partial charge on any atom is -0.496 e. The Balaban J connectivity index is 2.77. The van der Waals surface area contributed by atoms with Gasteiger partial charge in [-0.25, -0.2) is 0 Å². The van der Waals surface area contributed by atoms with Gasteiger partial charge < -0.3 is 15.0 Å². The van der Waals surface area contributed by atoms with E-state index in [4.69, 9.17) is 26.6 Å². The Bertz CT molecular complexity index is 564. The van der Waals surface area contributed by atoms with Gasteiger partial charge in [0.25, 0.3) is 0 Å². The van der Waals surface area contributed by atoms with Crippen molar-refractivity contribution >= 4 is 17.5 Å². The quantitative estimate of drug-likeness (QED) is 0.892. The Hall–Kier alpha value is -1.68. The van der Waals surface area contributed by atoms with E-state index in [1.54, 1.807) is 13.3 Å². The molecule has 0 fully saturated rings. The number of aromatic nitrogens is 1. The molecule has 1 heterocycles. The molecule has 0 aliphatic rings. The van der Waals surface area contributed by atoms with Crippen molar-refractivity contribution in [1.82, 2.24) is 5.16 Å². The van der Waals surface area contributed by atoms with Crippen LogP contribution in [0, 0.1) is 13.8 Å². The first-order valence-corrected chi connectivity index (χ1v) is 5.48. The predicted molar refractivity (Wildman–Crippen MR) is 67.4 cm³/mol. The van der Waals surface area contributed by atoms with Gasteiger partial charge in [0.2, 0.25) is 5.88 Å². The number of aryl methyl sites for hydroxylation is 1. The number of hydrogen-bond donors (Lipinski definition) is 1. The highest BCUT2D eigenvalue weighted by Crippen LogP contribution is 2.41. The standard InChI is InChI=1S/C12H13ClN2O2/c1-6-4-9(13)7(2)11(16-3)10(6)8-5-15-17-12(8)14/h4-5H,14H2,1-3H3. The van der Waals surface area contributed by atoms with Crippen molar-refractivity contribution < 1.29 is 9.26 Å². The molecule has 0 spiro atoms. The van der Waals surface area contributed by atoms with Crippen LogP contribution in [0.25, 0.3) is 11.1 Å². The molecule has 0 atom stereocenters. The van der Waals surface area contributed by atoms with Gasteiger partial charge in [0.1, 0.15) is 5.75 Å². The van der Waals surface area contributed by atoms with Gasteiger partial charge in [0.15, 0.2) is 0 Å². The fourth-order valence-corrected chi connectivity index (χ4v) is 2.12. The number of ether oxygens (including phenoxy) is 1. The van der Waals surface area contributed by atoms with E-state index in [2.05, 4.69) is 5.16 Å². The van der Waals surface area contributed by atoms with Crippen molar-refractivity contribution in [2.45, 2.75) is 13.8 Å². The molecule has 0 aliphatic heterocycles. The lowest BCUT2D eigenvalue weighted by molar-refractivity contribution is 0.413. The van der Waals surface area contributed by atoms with Gasteiger partial charge in [-0.05, 0) is 25.5 Å². The van der Waals surface area contributed by atoms with Crippen molar-refractivity contribution in [3.8, 4) is 16.9 Å². The van der Waals surface area contributed by atoms with Gasteiger partial charge in [-0.2, -0.15) is 0 Å². The minimum absolute atomic E-state index is 0.271. The molecule has 2 N–H and O–H groups in total. The molecule has 0 aliphatic carbocycles. The summed E-state index contributed by atoms with van der Waals surface area (Å²) in [4.78, 5) is 0. The third kappa shape index (κ3) is 1.85. The van der Waals surface area contributed by atoms with E-state index >= 15 is 0 Å². The maximum absolute atomic E-state index is 6.12. The molecule has 0 saturated carbocycles. The highest BCUT2D eigenvalue weighted by atomic mass is 35.5. The summed E-state index contributed by atoms with van der Waals surface area (Å²) in [7, 11) is 1.60. The van der Waals surface area contributed by atoms with Crippen molar-refractivity contribution in [1.29, 1.82) is 0 Å². The summed E-state index contributed by atoms with van der Waals surface area (Å²) in [5.74, 6) is 0.970. The summed E-state index contributed by atoms with van der Waals surface area (Å²) in [5.41, 5.74) is 9.16. The van der Waals surface area contributed by atoms with Crippen LogP contribution in [0.3, 0.4) is 0 Å². The molecule has 0 unspecified atom stereocenters.